The van der Waals surface area contributed by atoms with E-state index in [9.17, 15) is 5.11 Å². The third kappa shape index (κ3) is 1.38. The first kappa shape index (κ1) is 9.16. The lowest BCUT2D eigenvalue weighted by Crippen LogP contribution is -1.92. The lowest BCUT2D eigenvalue weighted by atomic mass is 10.0. The van der Waals surface area contributed by atoms with Crippen molar-refractivity contribution >= 4 is 10.9 Å². The monoisotopic (exact) mass is 187 g/mol. The molecule has 14 heavy (non-hydrogen) atoms. The fraction of sp³-hybridized carbons (Fsp3) is 0.250. The van der Waals surface area contributed by atoms with Crippen molar-refractivity contribution in [3.8, 4) is 0 Å². The van der Waals surface area contributed by atoms with Gasteiger partial charge in [0.2, 0.25) is 0 Å². The maximum Gasteiger partial charge on any atom is 0.0759 e. The van der Waals surface area contributed by atoms with Gasteiger partial charge in [0, 0.05) is 17.1 Å². The zero-order chi connectivity index (χ0) is 10.1. The number of pyridine rings is 1. The van der Waals surface area contributed by atoms with Gasteiger partial charge in [0.15, 0.2) is 0 Å². The number of hydrogen-bond acceptors (Lipinski definition) is 2. The van der Waals surface area contributed by atoms with Crippen molar-refractivity contribution in [3.63, 3.8) is 0 Å². The summed E-state index contributed by atoms with van der Waals surface area (Å²) in [6.45, 7) is 4.14. The van der Waals surface area contributed by atoms with Crippen LogP contribution in [0.3, 0.4) is 0 Å². The van der Waals surface area contributed by atoms with Crippen LogP contribution in [-0.2, 0) is 6.61 Å². The predicted octanol–water partition coefficient (Wildman–Crippen LogP) is 2.34. The number of benzene rings is 1. The first-order valence-electron chi connectivity index (χ1n) is 4.68. The number of rotatable bonds is 1. The largest absolute Gasteiger partial charge is 0.392 e. The summed E-state index contributed by atoms with van der Waals surface area (Å²) in [5, 5.41) is 10.3. The highest BCUT2D eigenvalue weighted by Crippen LogP contribution is 2.21. The molecular formula is C12H13NO. The minimum atomic E-state index is 0.0502. The average molecular weight is 187 g/mol. The van der Waals surface area contributed by atoms with E-state index in [1.54, 1.807) is 6.20 Å². The van der Waals surface area contributed by atoms with Gasteiger partial charge in [0.1, 0.15) is 0 Å². The van der Waals surface area contributed by atoms with E-state index in [1.807, 2.05) is 19.1 Å². The Morgan fingerprint density at radius 1 is 1.29 bits per heavy atom. The van der Waals surface area contributed by atoms with Crippen LogP contribution in [0.5, 0.6) is 0 Å². The number of nitrogens with zero attached hydrogens (tertiary/aromatic N) is 1. The van der Waals surface area contributed by atoms with Gasteiger partial charge in [-0.3, -0.25) is 4.98 Å². The molecule has 0 amide bonds. The van der Waals surface area contributed by atoms with E-state index >= 15 is 0 Å². The van der Waals surface area contributed by atoms with E-state index in [0.29, 0.717) is 0 Å². The van der Waals surface area contributed by atoms with Crippen LogP contribution >= 0.6 is 0 Å². The summed E-state index contributed by atoms with van der Waals surface area (Å²) in [5.74, 6) is 0. The molecule has 0 aliphatic carbocycles. The smallest absolute Gasteiger partial charge is 0.0759 e. The summed E-state index contributed by atoms with van der Waals surface area (Å²) in [7, 11) is 0. The van der Waals surface area contributed by atoms with Crippen LogP contribution in [0.15, 0.2) is 24.4 Å². The first-order valence-corrected chi connectivity index (χ1v) is 4.68. The molecule has 0 unspecified atom stereocenters. The maximum atomic E-state index is 9.21. The van der Waals surface area contributed by atoms with Gasteiger partial charge in [-0.15, -0.1) is 0 Å². The number of hydrogen-bond donors (Lipinski definition) is 1. The Labute approximate surface area is 83.2 Å². The standard InChI is InChI=1S/C12H13NO/c1-8-5-10(7-14)12-11(6-8)9(2)3-4-13-12/h3-6,14H,7H2,1-2H3. The maximum absolute atomic E-state index is 9.21. The highest BCUT2D eigenvalue weighted by atomic mass is 16.3. The number of fused-ring (bicyclic) bond motifs is 1. The van der Waals surface area contributed by atoms with E-state index in [2.05, 4.69) is 18.0 Å². The molecule has 0 atom stereocenters. The van der Waals surface area contributed by atoms with Gasteiger partial charge in [-0.1, -0.05) is 11.6 Å². The zero-order valence-corrected chi connectivity index (χ0v) is 8.41. The van der Waals surface area contributed by atoms with Gasteiger partial charge in [-0.2, -0.15) is 0 Å². The molecule has 1 aromatic heterocycles. The second kappa shape index (κ2) is 3.39. The molecule has 2 aromatic rings. The molecule has 2 heteroatoms. The van der Waals surface area contributed by atoms with Crippen molar-refractivity contribution in [2.24, 2.45) is 0 Å². The topological polar surface area (TPSA) is 33.1 Å². The molecule has 0 saturated heterocycles. The quantitative estimate of drug-likeness (QED) is 0.743. The van der Waals surface area contributed by atoms with E-state index in [-0.39, 0.29) is 6.61 Å². The van der Waals surface area contributed by atoms with Gasteiger partial charge in [0.05, 0.1) is 12.1 Å². The molecule has 1 N–H and O–H groups in total. The normalized spacial score (nSPS) is 10.8. The van der Waals surface area contributed by atoms with Crippen LogP contribution in [0.4, 0.5) is 0 Å². The SMILES string of the molecule is Cc1cc(CO)c2nccc(C)c2c1. The van der Waals surface area contributed by atoms with Crippen LogP contribution in [0, 0.1) is 13.8 Å². The molecule has 0 bridgehead atoms. The van der Waals surface area contributed by atoms with Gasteiger partial charge in [0.25, 0.3) is 0 Å². The molecule has 0 aliphatic rings. The number of aromatic nitrogens is 1. The predicted molar refractivity (Wildman–Crippen MR) is 57.1 cm³/mol. The number of aliphatic hydroxyl groups excluding tert-OH is 1. The number of aliphatic hydroxyl groups is 1. The van der Waals surface area contributed by atoms with Crippen LogP contribution < -0.4 is 0 Å². The van der Waals surface area contributed by atoms with Crippen molar-refractivity contribution < 1.29 is 5.11 Å². The van der Waals surface area contributed by atoms with E-state index < -0.39 is 0 Å². The minimum Gasteiger partial charge on any atom is -0.392 e. The second-order valence-corrected chi connectivity index (χ2v) is 3.61. The van der Waals surface area contributed by atoms with Crippen molar-refractivity contribution in [2.75, 3.05) is 0 Å². The van der Waals surface area contributed by atoms with Crippen molar-refractivity contribution in [1.29, 1.82) is 0 Å². The Balaban J connectivity index is 2.87. The third-order valence-corrected chi connectivity index (χ3v) is 2.46. The Morgan fingerprint density at radius 3 is 2.79 bits per heavy atom. The molecule has 2 rings (SSSR count). The van der Waals surface area contributed by atoms with Crippen LogP contribution in [0.2, 0.25) is 0 Å². The summed E-state index contributed by atoms with van der Waals surface area (Å²) in [6, 6.07) is 6.08. The molecule has 0 aliphatic heterocycles. The van der Waals surface area contributed by atoms with Crippen LogP contribution in [-0.4, -0.2) is 10.1 Å². The van der Waals surface area contributed by atoms with Crippen LogP contribution in [0.1, 0.15) is 16.7 Å². The highest BCUT2D eigenvalue weighted by Gasteiger charge is 2.04. The summed E-state index contributed by atoms with van der Waals surface area (Å²) in [5.41, 5.74) is 4.19. The summed E-state index contributed by atoms with van der Waals surface area (Å²) in [4.78, 5) is 4.29. The fourth-order valence-electron chi connectivity index (χ4n) is 1.74. The van der Waals surface area contributed by atoms with Crippen LogP contribution in [0.25, 0.3) is 10.9 Å². The van der Waals surface area contributed by atoms with Gasteiger partial charge < -0.3 is 5.11 Å². The Bertz CT molecular complexity index is 477. The van der Waals surface area contributed by atoms with Gasteiger partial charge in [-0.25, -0.2) is 0 Å². The average Bonchev–Trinajstić information content (AvgIpc) is 2.18. The van der Waals surface area contributed by atoms with Crippen molar-refractivity contribution in [3.05, 3.63) is 41.1 Å². The molecule has 0 spiro atoms. The first-order chi connectivity index (χ1) is 6.72. The Kier molecular flexibility index (Phi) is 2.22. The van der Waals surface area contributed by atoms with E-state index in [0.717, 1.165) is 22.0 Å². The minimum absolute atomic E-state index is 0.0502. The molecule has 0 radical (unpaired) electrons. The Morgan fingerprint density at radius 2 is 2.07 bits per heavy atom. The van der Waals surface area contributed by atoms with Crippen molar-refractivity contribution in [1.82, 2.24) is 4.98 Å². The zero-order valence-electron chi connectivity index (χ0n) is 8.41. The summed E-state index contributed by atoms with van der Waals surface area (Å²) >= 11 is 0. The summed E-state index contributed by atoms with van der Waals surface area (Å²) in [6.07, 6.45) is 1.78. The molecule has 0 fully saturated rings. The molecular weight excluding hydrogens is 174 g/mol. The van der Waals surface area contributed by atoms with Crippen molar-refractivity contribution in [2.45, 2.75) is 20.5 Å². The van der Waals surface area contributed by atoms with E-state index in [4.69, 9.17) is 0 Å². The lowest BCUT2D eigenvalue weighted by molar-refractivity contribution is 0.283. The molecule has 0 saturated carbocycles. The fourth-order valence-corrected chi connectivity index (χ4v) is 1.74. The Hall–Kier alpha value is -1.41. The van der Waals surface area contributed by atoms with E-state index in [1.165, 1.54) is 5.56 Å². The van der Waals surface area contributed by atoms with Gasteiger partial charge in [-0.05, 0) is 31.5 Å². The summed E-state index contributed by atoms with van der Waals surface area (Å²) < 4.78 is 0. The lowest BCUT2D eigenvalue weighted by Gasteiger charge is -2.06. The molecule has 72 valence electrons. The highest BCUT2D eigenvalue weighted by molar-refractivity contribution is 5.85. The second-order valence-electron chi connectivity index (χ2n) is 3.61. The molecule has 1 aromatic carbocycles. The molecule has 1 heterocycles. The number of aryl methyl sites for hydroxylation is 2. The molecule has 2 nitrogen and oxygen atoms in total. The third-order valence-electron chi connectivity index (χ3n) is 2.46. The van der Waals surface area contributed by atoms with Gasteiger partial charge >= 0.3 is 0 Å².